The molecule has 2 N–H and O–H groups in total. The van der Waals surface area contributed by atoms with E-state index in [2.05, 4.69) is 15.9 Å². The summed E-state index contributed by atoms with van der Waals surface area (Å²) in [7, 11) is 0. The van der Waals surface area contributed by atoms with E-state index in [-0.39, 0.29) is 24.4 Å². The van der Waals surface area contributed by atoms with Crippen LogP contribution in [0, 0.1) is 0 Å². The summed E-state index contributed by atoms with van der Waals surface area (Å²) in [5.74, 6) is 0.192. The molecule has 106 valence electrons. The van der Waals surface area contributed by atoms with E-state index in [4.69, 9.17) is 5.73 Å². The molecule has 1 amide bonds. The lowest BCUT2D eigenvalue weighted by molar-refractivity contribution is -0.133. The van der Waals surface area contributed by atoms with Gasteiger partial charge in [0.2, 0.25) is 5.91 Å². The average Bonchev–Trinajstić information content (AvgIpc) is 2.41. The van der Waals surface area contributed by atoms with Crippen molar-refractivity contribution in [3.63, 3.8) is 0 Å². The van der Waals surface area contributed by atoms with Crippen molar-refractivity contribution in [1.29, 1.82) is 0 Å². The normalized spacial score (nSPS) is 18.8. The summed E-state index contributed by atoms with van der Waals surface area (Å²) in [5.41, 5.74) is 6.80. The Labute approximate surface area is 129 Å². The largest absolute Gasteiger partial charge is 0.338 e. The molecule has 0 saturated carbocycles. The lowest BCUT2D eigenvalue weighted by atomic mass is 10.0. The van der Waals surface area contributed by atoms with Gasteiger partial charge in [0.05, 0.1) is 6.42 Å². The summed E-state index contributed by atoms with van der Waals surface area (Å²) in [6.07, 6.45) is 3.77. The van der Waals surface area contributed by atoms with Crippen molar-refractivity contribution in [2.24, 2.45) is 5.73 Å². The van der Waals surface area contributed by atoms with Crippen LogP contribution < -0.4 is 5.73 Å². The van der Waals surface area contributed by atoms with Gasteiger partial charge >= 0.3 is 0 Å². The number of carbonyl (C=O) groups excluding carboxylic acids is 1. The van der Waals surface area contributed by atoms with E-state index in [1.807, 2.05) is 29.2 Å². The van der Waals surface area contributed by atoms with E-state index in [0.29, 0.717) is 13.0 Å². The molecule has 1 fully saturated rings. The first-order valence-electron chi connectivity index (χ1n) is 6.45. The first-order valence-corrected chi connectivity index (χ1v) is 7.24. The number of likely N-dealkylation sites (tertiary alicyclic amines) is 1. The first kappa shape index (κ1) is 16.5. The number of benzene rings is 1. The van der Waals surface area contributed by atoms with E-state index in [0.717, 1.165) is 29.4 Å². The van der Waals surface area contributed by atoms with Crippen molar-refractivity contribution >= 4 is 34.2 Å². The molecule has 0 radical (unpaired) electrons. The maximum absolute atomic E-state index is 12.3. The van der Waals surface area contributed by atoms with Crippen LogP contribution in [0.4, 0.5) is 0 Å². The van der Waals surface area contributed by atoms with Crippen LogP contribution in [0.25, 0.3) is 0 Å². The minimum atomic E-state index is 0. The van der Waals surface area contributed by atoms with E-state index < -0.39 is 0 Å². The number of hydrogen-bond donors (Lipinski definition) is 1. The van der Waals surface area contributed by atoms with Gasteiger partial charge in [-0.3, -0.25) is 4.79 Å². The summed E-state index contributed by atoms with van der Waals surface area (Å²) < 4.78 is 1.000. The Kier molecular flexibility index (Phi) is 6.83. The van der Waals surface area contributed by atoms with Gasteiger partial charge in [-0.1, -0.05) is 34.1 Å². The maximum Gasteiger partial charge on any atom is 0.227 e. The van der Waals surface area contributed by atoms with Crippen molar-refractivity contribution in [3.05, 3.63) is 34.3 Å². The lowest BCUT2D eigenvalue weighted by Gasteiger charge is -2.35. The number of nitrogens with zero attached hydrogens (tertiary/aromatic N) is 1. The van der Waals surface area contributed by atoms with Gasteiger partial charge < -0.3 is 10.6 Å². The molecule has 2 rings (SSSR count). The van der Waals surface area contributed by atoms with Gasteiger partial charge in [-0.25, -0.2) is 0 Å². The molecule has 0 aliphatic carbocycles. The highest BCUT2D eigenvalue weighted by molar-refractivity contribution is 9.10. The fraction of sp³-hybridized carbons (Fsp3) is 0.500. The highest BCUT2D eigenvalue weighted by Crippen LogP contribution is 2.20. The molecular formula is C14H20BrClN2O. The summed E-state index contributed by atoms with van der Waals surface area (Å²) in [4.78, 5) is 14.3. The van der Waals surface area contributed by atoms with Gasteiger partial charge in [-0.15, -0.1) is 12.4 Å². The van der Waals surface area contributed by atoms with Crippen LogP contribution in [0.2, 0.25) is 0 Å². The van der Waals surface area contributed by atoms with E-state index in [1.54, 1.807) is 0 Å². The fourth-order valence-electron chi connectivity index (χ4n) is 2.48. The molecule has 1 aromatic carbocycles. The smallest absolute Gasteiger partial charge is 0.227 e. The van der Waals surface area contributed by atoms with Gasteiger partial charge in [-0.05, 0) is 30.9 Å². The molecular weight excluding hydrogens is 328 g/mol. The zero-order valence-electron chi connectivity index (χ0n) is 10.8. The molecule has 1 aliphatic heterocycles. The van der Waals surface area contributed by atoms with Gasteiger partial charge in [-0.2, -0.15) is 0 Å². The molecule has 1 atom stereocenters. The summed E-state index contributed by atoms with van der Waals surface area (Å²) in [5, 5.41) is 0. The Morgan fingerprint density at radius 3 is 2.79 bits per heavy atom. The van der Waals surface area contributed by atoms with Crippen molar-refractivity contribution in [3.8, 4) is 0 Å². The van der Waals surface area contributed by atoms with E-state index in [1.165, 1.54) is 6.42 Å². The third-order valence-electron chi connectivity index (χ3n) is 3.52. The first-order chi connectivity index (χ1) is 8.72. The van der Waals surface area contributed by atoms with Crippen LogP contribution in [-0.4, -0.2) is 29.9 Å². The molecule has 1 heterocycles. The van der Waals surface area contributed by atoms with Crippen LogP contribution in [0.5, 0.6) is 0 Å². The van der Waals surface area contributed by atoms with Crippen LogP contribution in [0.15, 0.2) is 28.7 Å². The van der Waals surface area contributed by atoms with Crippen molar-refractivity contribution < 1.29 is 4.79 Å². The maximum atomic E-state index is 12.3. The zero-order chi connectivity index (χ0) is 13.0. The number of carbonyl (C=O) groups is 1. The highest BCUT2D eigenvalue weighted by Gasteiger charge is 2.25. The third kappa shape index (κ3) is 4.20. The molecule has 0 spiro atoms. The third-order valence-corrected chi connectivity index (χ3v) is 4.29. The second kappa shape index (κ2) is 7.88. The molecule has 1 unspecified atom stereocenters. The van der Waals surface area contributed by atoms with Crippen molar-refractivity contribution in [2.75, 3.05) is 13.1 Å². The number of amides is 1. The fourth-order valence-corrected chi connectivity index (χ4v) is 2.91. The van der Waals surface area contributed by atoms with Gasteiger partial charge in [0, 0.05) is 23.6 Å². The van der Waals surface area contributed by atoms with Crippen molar-refractivity contribution in [2.45, 2.75) is 31.7 Å². The Balaban J connectivity index is 0.00000180. The van der Waals surface area contributed by atoms with E-state index in [9.17, 15) is 4.79 Å². The minimum absolute atomic E-state index is 0. The second-order valence-electron chi connectivity index (χ2n) is 4.74. The minimum Gasteiger partial charge on any atom is -0.338 e. The molecule has 3 nitrogen and oxygen atoms in total. The quantitative estimate of drug-likeness (QED) is 0.914. The standard InChI is InChI=1S/C14H19BrN2O.ClH/c15-13-7-2-1-5-11(13)9-14(18)17-8-4-3-6-12(17)10-16;/h1-2,5,7,12H,3-4,6,8-10,16H2;1H. The molecule has 0 bridgehead atoms. The van der Waals surface area contributed by atoms with E-state index >= 15 is 0 Å². The number of piperidine rings is 1. The van der Waals surface area contributed by atoms with Crippen LogP contribution in [0.1, 0.15) is 24.8 Å². The van der Waals surface area contributed by atoms with Crippen molar-refractivity contribution in [1.82, 2.24) is 4.90 Å². The monoisotopic (exact) mass is 346 g/mol. The molecule has 5 heteroatoms. The Hall–Kier alpha value is -0.580. The number of rotatable bonds is 3. The highest BCUT2D eigenvalue weighted by atomic mass is 79.9. The second-order valence-corrected chi connectivity index (χ2v) is 5.59. The summed E-state index contributed by atoms with van der Waals surface area (Å²) in [6, 6.07) is 8.11. The molecule has 19 heavy (non-hydrogen) atoms. The Morgan fingerprint density at radius 2 is 2.11 bits per heavy atom. The Morgan fingerprint density at radius 1 is 1.37 bits per heavy atom. The molecule has 1 aromatic rings. The molecule has 1 saturated heterocycles. The predicted molar refractivity (Wildman–Crippen MR) is 83.5 cm³/mol. The number of nitrogens with two attached hydrogens (primary N) is 1. The van der Waals surface area contributed by atoms with Gasteiger partial charge in [0.1, 0.15) is 0 Å². The van der Waals surface area contributed by atoms with Gasteiger partial charge in [0.15, 0.2) is 0 Å². The van der Waals surface area contributed by atoms with Gasteiger partial charge in [0.25, 0.3) is 0 Å². The summed E-state index contributed by atoms with van der Waals surface area (Å²) in [6.45, 7) is 1.42. The average molecular weight is 348 g/mol. The molecule has 1 aliphatic rings. The SMILES string of the molecule is Cl.NCC1CCCCN1C(=O)Cc1ccccc1Br. The zero-order valence-corrected chi connectivity index (χ0v) is 13.3. The summed E-state index contributed by atoms with van der Waals surface area (Å²) >= 11 is 3.49. The van der Waals surface area contributed by atoms with Crippen LogP contribution in [-0.2, 0) is 11.2 Å². The number of hydrogen-bond acceptors (Lipinski definition) is 2. The predicted octanol–water partition coefficient (Wildman–Crippen LogP) is 2.75. The Bertz CT molecular complexity index is 428. The molecule has 0 aromatic heterocycles. The van der Waals surface area contributed by atoms with Crippen LogP contribution >= 0.6 is 28.3 Å². The number of halogens is 2. The topological polar surface area (TPSA) is 46.3 Å². The lowest BCUT2D eigenvalue weighted by Crippen LogP contribution is -2.48. The van der Waals surface area contributed by atoms with Crippen LogP contribution in [0.3, 0.4) is 0 Å².